The van der Waals surface area contributed by atoms with E-state index in [0.29, 0.717) is 11.2 Å². The monoisotopic (exact) mass is 281 g/mol. The van der Waals surface area contributed by atoms with Crippen LogP contribution in [0.15, 0.2) is 0 Å². The van der Waals surface area contributed by atoms with Crippen molar-refractivity contribution in [2.24, 2.45) is 11.3 Å². The van der Waals surface area contributed by atoms with Gasteiger partial charge in [0, 0.05) is 32.0 Å². The molecular formula is C17H31NO2. The fourth-order valence-corrected chi connectivity index (χ4v) is 4.10. The number of nitrogens with zero attached hydrogens (tertiary/aromatic N) is 1. The van der Waals surface area contributed by atoms with Crippen molar-refractivity contribution < 1.29 is 9.53 Å². The van der Waals surface area contributed by atoms with Crippen molar-refractivity contribution in [2.75, 3.05) is 19.6 Å². The van der Waals surface area contributed by atoms with Crippen LogP contribution in [0.5, 0.6) is 0 Å². The molecule has 0 radical (unpaired) electrons. The van der Waals surface area contributed by atoms with Crippen molar-refractivity contribution in [2.45, 2.75) is 72.0 Å². The predicted molar refractivity (Wildman–Crippen MR) is 81.8 cm³/mol. The second-order valence-corrected chi connectivity index (χ2v) is 8.82. The molecule has 1 saturated heterocycles. The van der Waals surface area contributed by atoms with E-state index in [4.69, 9.17) is 4.74 Å². The molecular weight excluding hydrogens is 250 g/mol. The van der Waals surface area contributed by atoms with Gasteiger partial charge in [-0.3, -0.25) is 9.69 Å². The second kappa shape index (κ2) is 5.10. The number of ether oxygens (including phenoxy) is 1. The smallest absolute Gasteiger partial charge is 0.137 e. The highest BCUT2D eigenvalue weighted by molar-refractivity contribution is 5.82. The molecule has 1 heterocycles. The van der Waals surface area contributed by atoms with Crippen LogP contribution >= 0.6 is 0 Å². The zero-order valence-corrected chi connectivity index (χ0v) is 14.1. The van der Waals surface area contributed by atoms with Gasteiger partial charge in [-0.1, -0.05) is 13.8 Å². The number of carbonyl (C=O) groups excluding carboxylic acids is 1. The van der Waals surface area contributed by atoms with Gasteiger partial charge in [0.2, 0.25) is 0 Å². The Labute approximate surface area is 124 Å². The lowest BCUT2D eigenvalue weighted by Gasteiger charge is -2.48. The number of ketones is 1. The molecule has 0 aromatic carbocycles. The largest absolute Gasteiger partial charge is 0.367 e. The number of hydrogen-bond acceptors (Lipinski definition) is 3. The Balaban J connectivity index is 2.03. The van der Waals surface area contributed by atoms with Crippen LogP contribution in [0, 0.1) is 11.3 Å². The van der Waals surface area contributed by atoms with Crippen LogP contribution in [0.1, 0.15) is 60.8 Å². The lowest BCUT2D eigenvalue weighted by Crippen LogP contribution is -2.58. The van der Waals surface area contributed by atoms with Crippen LogP contribution in [0.4, 0.5) is 0 Å². The molecule has 2 aliphatic rings. The normalized spacial score (nSPS) is 33.1. The highest BCUT2D eigenvalue weighted by atomic mass is 16.5. The molecule has 1 atom stereocenters. The molecule has 2 fully saturated rings. The van der Waals surface area contributed by atoms with Gasteiger partial charge in [-0.2, -0.15) is 0 Å². The molecule has 1 aliphatic carbocycles. The van der Waals surface area contributed by atoms with E-state index in [1.54, 1.807) is 0 Å². The summed E-state index contributed by atoms with van der Waals surface area (Å²) in [6, 6.07) is 0. The standard InChI is InChI=1S/C17H31NO2/c1-15(2)8-7-14(19)13(9-15)10-18-11-16(3,4)20-17(5,6)12-18/h13H,7-12H2,1-6H3. The maximum absolute atomic E-state index is 12.2. The number of rotatable bonds is 2. The highest BCUT2D eigenvalue weighted by Gasteiger charge is 2.41. The Morgan fingerprint density at radius 3 is 2.20 bits per heavy atom. The van der Waals surface area contributed by atoms with E-state index in [-0.39, 0.29) is 17.1 Å². The molecule has 116 valence electrons. The SMILES string of the molecule is CC1(C)CCC(=O)C(CN2CC(C)(C)OC(C)(C)C2)C1. The molecule has 3 nitrogen and oxygen atoms in total. The van der Waals surface area contributed by atoms with Gasteiger partial charge in [-0.25, -0.2) is 0 Å². The highest BCUT2D eigenvalue weighted by Crippen LogP contribution is 2.38. The molecule has 0 bridgehead atoms. The molecule has 0 aromatic heterocycles. The Morgan fingerprint density at radius 1 is 1.10 bits per heavy atom. The van der Waals surface area contributed by atoms with Gasteiger partial charge in [0.05, 0.1) is 11.2 Å². The Kier molecular flexibility index (Phi) is 4.07. The topological polar surface area (TPSA) is 29.5 Å². The molecule has 0 N–H and O–H groups in total. The second-order valence-electron chi connectivity index (χ2n) is 8.82. The van der Waals surface area contributed by atoms with Gasteiger partial charge in [0.1, 0.15) is 5.78 Å². The van der Waals surface area contributed by atoms with Crippen LogP contribution in [0.3, 0.4) is 0 Å². The first-order valence-corrected chi connectivity index (χ1v) is 7.93. The van der Waals surface area contributed by atoms with Crippen LogP contribution in [0.25, 0.3) is 0 Å². The number of hydrogen-bond donors (Lipinski definition) is 0. The average molecular weight is 281 g/mol. The first-order chi connectivity index (χ1) is 8.98. The zero-order chi connectivity index (χ0) is 15.2. The predicted octanol–water partition coefficient (Wildman–Crippen LogP) is 3.27. The van der Waals surface area contributed by atoms with E-state index in [2.05, 4.69) is 46.4 Å². The van der Waals surface area contributed by atoms with Crippen molar-refractivity contribution in [3.8, 4) is 0 Å². The van der Waals surface area contributed by atoms with Crippen molar-refractivity contribution in [1.29, 1.82) is 0 Å². The molecule has 1 aliphatic heterocycles. The van der Waals surface area contributed by atoms with Crippen LogP contribution in [0.2, 0.25) is 0 Å². The minimum atomic E-state index is -0.130. The molecule has 3 heteroatoms. The lowest BCUT2D eigenvalue weighted by atomic mass is 9.71. The minimum Gasteiger partial charge on any atom is -0.367 e. The lowest BCUT2D eigenvalue weighted by molar-refractivity contribution is -0.183. The van der Waals surface area contributed by atoms with Crippen LogP contribution < -0.4 is 0 Å². The van der Waals surface area contributed by atoms with Gasteiger partial charge < -0.3 is 4.74 Å². The van der Waals surface area contributed by atoms with Crippen molar-refractivity contribution in [1.82, 2.24) is 4.90 Å². The van der Waals surface area contributed by atoms with Gasteiger partial charge in [0.15, 0.2) is 0 Å². The molecule has 0 spiro atoms. The summed E-state index contributed by atoms with van der Waals surface area (Å²) in [6.45, 7) is 15.9. The number of carbonyl (C=O) groups is 1. The van der Waals surface area contributed by atoms with Crippen LogP contribution in [-0.4, -0.2) is 41.5 Å². The summed E-state index contributed by atoms with van der Waals surface area (Å²) < 4.78 is 6.12. The van der Waals surface area contributed by atoms with E-state index < -0.39 is 0 Å². The third-order valence-electron chi connectivity index (χ3n) is 4.54. The van der Waals surface area contributed by atoms with Crippen molar-refractivity contribution in [3.05, 3.63) is 0 Å². The molecule has 1 saturated carbocycles. The van der Waals surface area contributed by atoms with Crippen molar-refractivity contribution >= 4 is 5.78 Å². The first-order valence-electron chi connectivity index (χ1n) is 7.93. The van der Waals surface area contributed by atoms with Gasteiger partial charge in [0.25, 0.3) is 0 Å². The maximum Gasteiger partial charge on any atom is 0.137 e. The fourth-order valence-electron chi connectivity index (χ4n) is 4.10. The third-order valence-corrected chi connectivity index (χ3v) is 4.54. The van der Waals surface area contributed by atoms with Gasteiger partial charge in [-0.15, -0.1) is 0 Å². The van der Waals surface area contributed by atoms with E-state index >= 15 is 0 Å². The number of Topliss-reactive ketones (excluding diaryl/α,β-unsaturated/α-hetero) is 1. The summed E-state index contributed by atoms with van der Waals surface area (Å²) in [6.07, 6.45) is 2.83. The summed E-state index contributed by atoms with van der Waals surface area (Å²) in [7, 11) is 0. The quantitative estimate of drug-likeness (QED) is 0.778. The van der Waals surface area contributed by atoms with Gasteiger partial charge in [-0.05, 0) is 46.0 Å². The van der Waals surface area contributed by atoms with E-state index in [1.807, 2.05) is 0 Å². The molecule has 1 unspecified atom stereocenters. The Bertz CT molecular complexity index is 368. The van der Waals surface area contributed by atoms with Crippen LogP contribution in [-0.2, 0) is 9.53 Å². The Hall–Kier alpha value is -0.410. The maximum atomic E-state index is 12.2. The average Bonchev–Trinajstić information content (AvgIpc) is 2.18. The third kappa shape index (κ3) is 4.05. The summed E-state index contributed by atoms with van der Waals surface area (Å²) in [4.78, 5) is 14.7. The summed E-state index contributed by atoms with van der Waals surface area (Å²) in [5.74, 6) is 0.676. The van der Waals surface area contributed by atoms with Crippen molar-refractivity contribution in [3.63, 3.8) is 0 Å². The molecule has 20 heavy (non-hydrogen) atoms. The Morgan fingerprint density at radius 2 is 1.65 bits per heavy atom. The first kappa shape index (κ1) is 16.0. The number of morpholine rings is 1. The zero-order valence-electron chi connectivity index (χ0n) is 14.1. The summed E-state index contributed by atoms with van der Waals surface area (Å²) in [5, 5.41) is 0. The molecule has 0 aromatic rings. The minimum absolute atomic E-state index is 0.130. The van der Waals surface area contributed by atoms with Gasteiger partial charge >= 0.3 is 0 Å². The summed E-state index contributed by atoms with van der Waals surface area (Å²) in [5.41, 5.74) is 0.0554. The summed E-state index contributed by atoms with van der Waals surface area (Å²) >= 11 is 0. The van der Waals surface area contributed by atoms with E-state index in [0.717, 1.165) is 38.9 Å². The molecule has 2 rings (SSSR count). The fraction of sp³-hybridized carbons (Fsp3) is 0.941. The van der Waals surface area contributed by atoms with E-state index in [1.165, 1.54) is 0 Å². The van der Waals surface area contributed by atoms with E-state index in [9.17, 15) is 4.79 Å². The molecule has 0 amide bonds.